The Kier molecular flexibility index (Phi) is 6.22. The van der Waals surface area contributed by atoms with Gasteiger partial charge in [0.25, 0.3) is 5.56 Å². The third-order valence-corrected chi connectivity index (χ3v) is 7.42. The van der Waals surface area contributed by atoms with Gasteiger partial charge >= 0.3 is 5.97 Å². The molecular formula is C25H18ClF2N7O5. The first-order chi connectivity index (χ1) is 19.2. The summed E-state index contributed by atoms with van der Waals surface area (Å²) in [6.07, 6.45) is 3.88. The fourth-order valence-electron chi connectivity index (χ4n) is 4.98. The highest BCUT2D eigenvalue weighted by molar-refractivity contribution is 6.31. The number of hydrogen-bond acceptors (Lipinski definition) is 10. The van der Waals surface area contributed by atoms with Gasteiger partial charge in [-0.2, -0.15) is 4.68 Å². The van der Waals surface area contributed by atoms with Crippen molar-refractivity contribution in [2.75, 3.05) is 6.61 Å². The maximum absolute atomic E-state index is 15.3. The minimum absolute atomic E-state index is 0.00919. The number of ether oxygens (including phenoxy) is 1. The first-order valence-electron chi connectivity index (χ1n) is 12.0. The van der Waals surface area contributed by atoms with Crippen LogP contribution in [0.4, 0.5) is 8.78 Å². The van der Waals surface area contributed by atoms with E-state index in [9.17, 15) is 18.8 Å². The summed E-state index contributed by atoms with van der Waals surface area (Å²) in [5, 5.41) is 19.9. The molecule has 0 radical (unpaired) electrons. The molecule has 40 heavy (non-hydrogen) atoms. The molecule has 1 aliphatic heterocycles. The van der Waals surface area contributed by atoms with Crippen LogP contribution < -0.4 is 5.56 Å². The van der Waals surface area contributed by atoms with E-state index in [2.05, 4.69) is 25.5 Å². The van der Waals surface area contributed by atoms with Gasteiger partial charge in [-0.3, -0.25) is 19.1 Å². The number of aliphatic hydroxyl groups excluding tert-OH is 1. The van der Waals surface area contributed by atoms with Gasteiger partial charge in [-0.15, -0.1) is 5.10 Å². The summed E-state index contributed by atoms with van der Waals surface area (Å²) < 4.78 is 37.3. The summed E-state index contributed by atoms with van der Waals surface area (Å²) in [5.74, 6) is -3.24. The van der Waals surface area contributed by atoms with Gasteiger partial charge in [0.15, 0.2) is 18.2 Å². The Morgan fingerprint density at radius 3 is 2.70 bits per heavy atom. The number of rotatable bonds is 7. The molecule has 204 valence electrons. The molecule has 1 aromatic carbocycles. The van der Waals surface area contributed by atoms with Crippen molar-refractivity contribution in [1.82, 2.24) is 34.7 Å². The Bertz CT molecular complexity index is 1740. The van der Waals surface area contributed by atoms with Crippen LogP contribution in [0.15, 0.2) is 41.6 Å². The van der Waals surface area contributed by atoms with Crippen molar-refractivity contribution in [2.24, 2.45) is 0 Å². The van der Waals surface area contributed by atoms with Crippen LogP contribution in [-0.4, -0.2) is 58.2 Å². The molecule has 15 heteroatoms. The van der Waals surface area contributed by atoms with Gasteiger partial charge < -0.3 is 9.84 Å². The highest BCUT2D eigenvalue weighted by Gasteiger charge is 2.56. The van der Waals surface area contributed by atoms with E-state index in [0.717, 1.165) is 18.3 Å². The SMILES string of the molecule is O=C(COC(=O)C1CC2(CC2)c2nc(-c3c(-n4cnnn4)ccc(Cl)c3F)cc(=O)n21)c1ccnc(CO)c1F. The van der Waals surface area contributed by atoms with Crippen LogP contribution in [0.1, 0.15) is 47.2 Å². The Morgan fingerprint density at radius 1 is 1.20 bits per heavy atom. The number of aromatic nitrogens is 7. The van der Waals surface area contributed by atoms with Crippen LogP contribution in [0.3, 0.4) is 0 Å². The topological polar surface area (TPSA) is 155 Å². The number of carbonyl (C=O) groups is 2. The zero-order chi connectivity index (χ0) is 28.2. The monoisotopic (exact) mass is 569 g/mol. The molecule has 1 atom stereocenters. The number of pyridine rings is 1. The molecule has 1 fully saturated rings. The largest absolute Gasteiger partial charge is 0.456 e. The second-order valence-electron chi connectivity index (χ2n) is 9.49. The molecule has 0 saturated heterocycles. The molecular weight excluding hydrogens is 552 g/mol. The van der Waals surface area contributed by atoms with Crippen molar-refractivity contribution in [1.29, 1.82) is 0 Å². The lowest BCUT2D eigenvalue weighted by molar-refractivity contribution is -0.146. The van der Waals surface area contributed by atoms with Crippen molar-refractivity contribution < 1.29 is 28.2 Å². The molecule has 0 amide bonds. The molecule has 4 aromatic rings. The lowest BCUT2D eigenvalue weighted by Gasteiger charge is -2.15. The molecule has 1 spiro atoms. The molecule has 1 saturated carbocycles. The van der Waals surface area contributed by atoms with Crippen molar-refractivity contribution in [3.8, 4) is 16.9 Å². The number of carbonyl (C=O) groups excluding carboxylic acids is 2. The highest BCUT2D eigenvalue weighted by atomic mass is 35.5. The number of hydrogen-bond donors (Lipinski definition) is 1. The Hall–Kier alpha value is -4.43. The van der Waals surface area contributed by atoms with Gasteiger partial charge in [0.1, 0.15) is 23.9 Å². The van der Waals surface area contributed by atoms with Crippen molar-refractivity contribution in [3.63, 3.8) is 0 Å². The second-order valence-corrected chi connectivity index (χ2v) is 9.90. The first kappa shape index (κ1) is 25.8. The van der Waals surface area contributed by atoms with E-state index in [1.807, 2.05) is 0 Å². The fourth-order valence-corrected chi connectivity index (χ4v) is 5.14. The number of ketones is 1. The number of aliphatic hydroxyl groups is 1. The van der Waals surface area contributed by atoms with Crippen LogP contribution in [0.25, 0.3) is 16.9 Å². The summed E-state index contributed by atoms with van der Waals surface area (Å²) in [4.78, 5) is 47.2. The average molecular weight is 570 g/mol. The summed E-state index contributed by atoms with van der Waals surface area (Å²) in [6, 6.07) is 3.93. The maximum atomic E-state index is 15.3. The zero-order valence-electron chi connectivity index (χ0n) is 20.4. The van der Waals surface area contributed by atoms with Crippen molar-refractivity contribution >= 4 is 23.4 Å². The van der Waals surface area contributed by atoms with Gasteiger partial charge in [-0.05, 0) is 47.9 Å². The van der Waals surface area contributed by atoms with Gasteiger partial charge in [-0.1, -0.05) is 11.6 Å². The third kappa shape index (κ3) is 4.16. The molecule has 1 unspecified atom stereocenters. The third-order valence-electron chi connectivity index (χ3n) is 7.13. The highest BCUT2D eigenvalue weighted by Crippen LogP contribution is 2.57. The van der Waals surface area contributed by atoms with Crippen LogP contribution in [0.2, 0.25) is 5.02 Å². The van der Waals surface area contributed by atoms with E-state index < -0.39 is 53.6 Å². The van der Waals surface area contributed by atoms with Gasteiger partial charge in [-0.25, -0.2) is 18.6 Å². The Morgan fingerprint density at radius 2 is 2.00 bits per heavy atom. The maximum Gasteiger partial charge on any atom is 0.329 e. The Labute approximate surface area is 228 Å². The number of esters is 1. The Balaban J connectivity index is 1.32. The van der Waals surface area contributed by atoms with Crippen molar-refractivity contribution in [2.45, 2.75) is 37.3 Å². The lowest BCUT2D eigenvalue weighted by atomic mass is 10.0. The van der Waals surface area contributed by atoms with Crippen LogP contribution in [0.5, 0.6) is 0 Å². The molecule has 12 nitrogen and oxygen atoms in total. The number of Topliss-reactive ketones (excluding diaryl/α,β-unsaturated/α-hetero) is 1. The fraction of sp³-hybridized carbons (Fsp3) is 0.280. The normalized spacial score (nSPS) is 16.6. The van der Waals surface area contributed by atoms with Crippen molar-refractivity contribution in [3.05, 3.63) is 80.9 Å². The summed E-state index contributed by atoms with van der Waals surface area (Å²) >= 11 is 6.04. The second kappa shape index (κ2) is 9.64. The number of benzene rings is 1. The molecule has 2 aliphatic rings. The molecule has 6 rings (SSSR count). The van der Waals surface area contributed by atoms with Crippen LogP contribution in [0, 0.1) is 11.6 Å². The molecule has 1 N–H and O–H groups in total. The molecule has 4 heterocycles. The summed E-state index contributed by atoms with van der Waals surface area (Å²) in [5.41, 5.74) is -1.83. The average Bonchev–Trinajstić information content (AvgIpc) is 3.36. The van der Waals surface area contributed by atoms with E-state index in [0.29, 0.717) is 12.8 Å². The number of nitrogens with zero attached hydrogens (tertiary/aromatic N) is 7. The first-order valence-corrected chi connectivity index (χ1v) is 12.4. The van der Waals surface area contributed by atoms with E-state index in [-0.39, 0.29) is 45.5 Å². The van der Waals surface area contributed by atoms with Gasteiger partial charge in [0, 0.05) is 17.7 Å². The van der Waals surface area contributed by atoms with Crippen LogP contribution in [-0.2, 0) is 21.6 Å². The summed E-state index contributed by atoms with van der Waals surface area (Å²) in [7, 11) is 0. The van der Waals surface area contributed by atoms with E-state index in [1.54, 1.807) is 0 Å². The lowest BCUT2D eigenvalue weighted by Crippen LogP contribution is -2.30. The van der Waals surface area contributed by atoms with Gasteiger partial charge in [0.05, 0.1) is 34.1 Å². The smallest absolute Gasteiger partial charge is 0.329 e. The quantitative estimate of drug-likeness (QED) is 0.258. The minimum Gasteiger partial charge on any atom is -0.456 e. The van der Waals surface area contributed by atoms with E-state index in [4.69, 9.17) is 21.4 Å². The molecule has 0 bridgehead atoms. The predicted octanol–water partition coefficient (Wildman–Crippen LogP) is 2.11. The zero-order valence-corrected chi connectivity index (χ0v) is 21.2. The van der Waals surface area contributed by atoms with Gasteiger partial charge in [0.2, 0.25) is 5.78 Å². The van der Waals surface area contributed by atoms with E-state index >= 15 is 4.39 Å². The minimum atomic E-state index is -1.09. The van der Waals surface area contributed by atoms with E-state index in [1.165, 1.54) is 27.7 Å². The molecule has 3 aromatic heterocycles. The number of tetrazole rings is 1. The standard InChI is InChI=1S/C25H18ClF2N7O5/c26-13-1-2-16(34-11-30-32-33-34)20(22(13)28)14-7-19(38)35-17(8-25(4-5-25)24(35)31-14)23(39)40-10-18(37)12-3-6-29-15(9-36)21(12)27/h1-3,6-7,11,17,36H,4-5,8-10H2. The number of fused-ring (bicyclic) bond motifs is 2. The van der Waals surface area contributed by atoms with Crippen LogP contribution >= 0.6 is 11.6 Å². The number of halogens is 3. The predicted molar refractivity (Wildman–Crippen MR) is 132 cm³/mol. The molecule has 1 aliphatic carbocycles. The summed E-state index contributed by atoms with van der Waals surface area (Å²) in [6.45, 7) is -1.49.